The molecule has 0 saturated heterocycles. The highest BCUT2D eigenvalue weighted by molar-refractivity contribution is 7.98. The summed E-state index contributed by atoms with van der Waals surface area (Å²) in [4.78, 5) is 16.5. The highest BCUT2D eigenvalue weighted by atomic mass is 32.2. The van der Waals surface area contributed by atoms with E-state index in [2.05, 4.69) is 10.3 Å². The van der Waals surface area contributed by atoms with Gasteiger partial charge in [-0.3, -0.25) is 4.79 Å². The smallest absolute Gasteiger partial charge is 0.272 e. The van der Waals surface area contributed by atoms with Gasteiger partial charge in [0.15, 0.2) is 0 Å². The Balaban J connectivity index is 1.88. The van der Waals surface area contributed by atoms with Crippen molar-refractivity contribution in [3.63, 3.8) is 0 Å². The number of thioether (sulfide) groups is 1. The maximum Gasteiger partial charge on any atom is 0.272 e. The lowest BCUT2D eigenvalue weighted by molar-refractivity contribution is 0.102. The average Bonchev–Trinajstić information content (AvgIpc) is 2.93. The van der Waals surface area contributed by atoms with Gasteiger partial charge in [0.25, 0.3) is 5.91 Å². The van der Waals surface area contributed by atoms with Gasteiger partial charge in [-0.15, -0.1) is 11.8 Å². The molecule has 0 radical (unpaired) electrons. The van der Waals surface area contributed by atoms with E-state index in [-0.39, 0.29) is 5.91 Å². The summed E-state index contributed by atoms with van der Waals surface area (Å²) in [7, 11) is 0. The summed E-state index contributed by atoms with van der Waals surface area (Å²) in [5, 5.41) is 3.82. The number of nitrogens with two attached hydrogens (primary N) is 1. The van der Waals surface area contributed by atoms with Crippen molar-refractivity contribution in [3.8, 4) is 0 Å². The van der Waals surface area contributed by atoms with Crippen LogP contribution >= 0.6 is 11.8 Å². The van der Waals surface area contributed by atoms with Gasteiger partial charge in [-0.1, -0.05) is 18.2 Å². The minimum Gasteiger partial charge on any atom is -0.397 e. The van der Waals surface area contributed by atoms with Crippen molar-refractivity contribution >= 4 is 39.9 Å². The Morgan fingerprint density at radius 1 is 1.19 bits per heavy atom. The molecule has 2 aromatic carbocycles. The van der Waals surface area contributed by atoms with E-state index in [1.54, 1.807) is 17.8 Å². The molecular formula is C16H15N3OS. The van der Waals surface area contributed by atoms with Gasteiger partial charge in [-0.05, 0) is 36.6 Å². The number of nitrogens with one attached hydrogen (secondary N) is 2. The van der Waals surface area contributed by atoms with Crippen LogP contribution < -0.4 is 11.1 Å². The van der Waals surface area contributed by atoms with Crippen LogP contribution in [0, 0.1) is 0 Å². The van der Waals surface area contributed by atoms with Crippen molar-refractivity contribution in [2.24, 2.45) is 0 Å². The summed E-state index contributed by atoms with van der Waals surface area (Å²) < 4.78 is 0. The quantitative estimate of drug-likeness (QED) is 0.509. The standard InChI is InChI=1S/C16H15N3OS/c1-21-12-6-3-5-11(9-12)18-16(20)14-8-10-4-2-7-13(17)15(10)19-14/h2-9,19H,17H2,1H3,(H,18,20). The van der Waals surface area contributed by atoms with Gasteiger partial charge in [-0.25, -0.2) is 0 Å². The normalized spacial score (nSPS) is 10.7. The maximum absolute atomic E-state index is 12.3. The van der Waals surface area contributed by atoms with Crippen LogP contribution in [0.4, 0.5) is 11.4 Å². The molecule has 21 heavy (non-hydrogen) atoms. The lowest BCUT2D eigenvalue weighted by Crippen LogP contribution is -2.12. The third-order valence-electron chi connectivity index (χ3n) is 3.26. The molecule has 0 aliphatic rings. The molecule has 4 nitrogen and oxygen atoms in total. The molecule has 1 heterocycles. The summed E-state index contributed by atoms with van der Waals surface area (Å²) >= 11 is 1.64. The molecule has 106 valence electrons. The SMILES string of the molecule is CSc1cccc(NC(=O)c2cc3cccc(N)c3[nH]2)c1. The number of nitrogen functional groups attached to an aromatic ring is 1. The minimum atomic E-state index is -0.177. The Morgan fingerprint density at radius 2 is 2.00 bits per heavy atom. The zero-order chi connectivity index (χ0) is 14.8. The second-order valence-corrected chi connectivity index (χ2v) is 5.56. The van der Waals surface area contributed by atoms with E-state index in [0.29, 0.717) is 11.4 Å². The average molecular weight is 297 g/mol. The van der Waals surface area contributed by atoms with Crippen molar-refractivity contribution in [1.29, 1.82) is 0 Å². The largest absolute Gasteiger partial charge is 0.397 e. The van der Waals surface area contributed by atoms with E-state index in [4.69, 9.17) is 5.73 Å². The number of aromatic nitrogens is 1. The van der Waals surface area contributed by atoms with E-state index in [0.717, 1.165) is 21.5 Å². The van der Waals surface area contributed by atoms with Crippen LogP contribution in [-0.4, -0.2) is 17.1 Å². The van der Waals surface area contributed by atoms with Gasteiger partial charge in [0.2, 0.25) is 0 Å². The third kappa shape index (κ3) is 2.73. The fourth-order valence-corrected chi connectivity index (χ4v) is 2.66. The summed E-state index contributed by atoms with van der Waals surface area (Å²) in [5.74, 6) is -0.177. The summed E-state index contributed by atoms with van der Waals surface area (Å²) in [5.41, 5.74) is 8.60. The molecule has 1 amide bonds. The Morgan fingerprint density at radius 3 is 2.76 bits per heavy atom. The van der Waals surface area contributed by atoms with Gasteiger partial charge >= 0.3 is 0 Å². The molecular weight excluding hydrogens is 282 g/mol. The summed E-state index contributed by atoms with van der Waals surface area (Å²) in [6.45, 7) is 0. The van der Waals surface area contributed by atoms with Crippen molar-refractivity contribution in [1.82, 2.24) is 4.98 Å². The predicted molar refractivity (Wildman–Crippen MR) is 88.9 cm³/mol. The van der Waals surface area contributed by atoms with E-state index >= 15 is 0 Å². The number of fused-ring (bicyclic) bond motifs is 1. The summed E-state index contributed by atoms with van der Waals surface area (Å²) in [6, 6.07) is 15.1. The van der Waals surface area contributed by atoms with E-state index in [9.17, 15) is 4.79 Å². The van der Waals surface area contributed by atoms with Crippen LogP contribution in [0.1, 0.15) is 10.5 Å². The number of carbonyl (C=O) groups excluding carboxylic acids is 1. The first-order valence-corrected chi connectivity index (χ1v) is 7.72. The fourth-order valence-electron chi connectivity index (χ4n) is 2.20. The van der Waals surface area contributed by atoms with Crippen molar-refractivity contribution in [3.05, 3.63) is 54.2 Å². The number of hydrogen-bond acceptors (Lipinski definition) is 3. The van der Waals surface area contributed by atoms with Crippen molar-refractivity contribution in [2.45, 2.75) is 4.90 Å². The molecule has 0 fully saturated rings. The number of rotatable bonds is 3. The van der Waals surface area contributed by atoms with Crippen LogP contribution in [0.25, 0.3) is 10.9 Å². The fraction of sp³-hybridized carbons (Fsp3) is 0.0625. The number of carbonyl (C=O) groups is 1. The Bertz CT molecular complexity index is 810. The Hall–Kier alpha value is -2.40. The van der Waals surface area contributed by atoms with Crippen LogP contribution in [0.3, 0.4) is 0 Å². The molecule has 0 unspecified atom stereocenters. The first kappa shape index (κ1) is 13.6. The van der Waals surface area contributed by atoms with Crippen LogP contribution in [0.15, 0.2) is 53.4 Å². The molecule has 0 atom stereocenters. The van der Waals surface area contributed by atoms with Gasteiger partial charge < -0.3 is 16.0 Å². The molecule has 0 spiro atoms. The minimum absolute atomic E-state index is 0.177. The second kappa shape index (κ2) is 5.54. The first-order chi connectivity index (χ1) is 10.2. The highest BCUT2D eigenvalue weighted by Gasteiger charge is 2.11. The maximum atomic E-state index is 12.3. The van der Waals surface area contributed by atoms with Gasteiger partial charge in [0, 0.05) is 16.0 Å². The number of aromatic amines is 1. The Kier molecular flexibility index (Phi) is 3.58. The lowest BCUT2D eigenvalue weighted by atomic mass is 10.2. The molecule has 3 rings (SSSR count). The van der Waals surface area contributed by atoms with Gasteiger partial charge in [-0.2, -0.15) is 0 Å². The highest BCUT2D eigenvalue weighted by Crippen LogP contribution is 2.23. The summed E-state index contributed by atoms with van der Waals surface area (Å²) in [6.07, 6.45) is 2.00. The topological polar surface area (TPSA) is 70.9 Å². The molecule has 0 aliphatic carbocycles. The number of H-pyrrole nitrogens is 1. The molecule has 1 aromatic heterocycles. The van der Waals surface area contributed by atoms with E-state index in [1.165, 1.54) is 0 Å². The molecule has 3 aromatic rings. The van der Waals surface area contributed by atoms with Gasteiger partial charge in [0.1, 0.15) is 5.69 Å². The van der Waals surface area contributed by atoms with Crippen molar-refractivity contribution in [2.75, 3.05) is 17.3 Å². The zero-order valence-corrected chi connectivity index (χ0v) is 12.3. The third-order valence-corrected chi connectivity index (χ3v) is 3.99. The molecule has 5 heteroatoms. The number of benzene rings is 2. The zero-order valence-electron chi connectivity index (χ0n) is 11.5. The van der Waals surface area contributed by atoms with Gasteiger partial charge in [0.05, 0.1) is 11.2 Å². The molecule has 0 saturated carbocycles. The van der Waals surface area contributed by atoms with Crippen molar-refractivity contribution < 1.29 is 4.79 Å². The molecule has 0 aliphatic heterocycles. The predicted octanol–water partition coefficient (Wildman–Crippen LogP) is 3.72. The first-order valence-electron chi connectivity index (χ1n) is 6.50. The number of anilines is 2. The number of hydrogen-bond donors (Lipinski definition) is 3. The number of para-hydroxylation sites is 1. The lowest BCUT2D eigenvalue weighted by Gasteiger charge is -2.05. The molecule has 4 N–H and O–H groups in total. The Labute approximate surface area is 126 Å². The second-order valence-electron chi connectivity index (χ2n) is 4.68. The van der Waals surface area contributed by atoms with E-state index in [1.807, 2.05) is 48.7 Å². The number of amides is 1. The van der Waals surface area contributed by atoms with E-state index < -0.39 is 0 Å². The van der Waals surface area contributed by atoms with Crippen LogP contribution in [0.5, 0.6) is 0 Å². The monoisotopic (exact) mass is 297 g/mol. The van der Waals surface area contributed by atoms with Crippen LogP contribution in [0.2, 0.25) is 0 Å². The van der Waals surface area contributed by atoms with Crippen LogP contribution in [-0.2, 0) is 0 Å². The molecule has 0 bridgehead atoms.